The van der Waals surface area contributed by atoms with Crippen LogP contribution in [-0.2, 0) is 10.4 Å². The van der Waals surface area contributed by atoms with Gasteiger partial charge in [0.2, 0.25) is 5.89 Å². The van der Waals surface area contributed by atoms with Crippen LogP contribution >= 0.6 is 11.3 Å². The molecule has 2 unspecified atom stereocenters. The fourth-order valence-corrected chi connectivity index (χ4v) is 5.06. The van der Waals surface area contributed by atoms with Crippen molar-refractivity contribution in [3.05, 3.63) is 29.1 Å². The van der Waals surface area contributed by atoms with Crippen molar-refractivity contribution in [3.8, 4) is 16.3 Å². The van der Waals surface area contributed by atoms with E-state index >= 15 is 0 Å². The van der Waals surface area contributed by atoms with Gasteiger partial charge < -0.3 is 19.3 Å². The van der Waals surface area contributed by atoms with E-state index in [0.29, 0.717) is 23.0 Å². The molecule has 3 aromatic rings. The van der Waals surface area contributed by atoms with Gasteiger partial charge >= 0.3 is 6.36 Å². The van der Waals surface area contributed by atoms with Gasteiger partial charge in [-0.15, -0.1) is 24.5 Å². The SMILES string of the molecule is CON=C(C)c1cc(-c2nccs2)c2oc(C34CCC(CNC3)N4)nc2c1OC(F)(F)F. The number of piperazine rings is 1. The molecule has 1 aromatic carbocycles. The lowest BCUT2D eigenvalue weighted by Crippen LogP contribution is -2.56. The van der Waals surface area contributed by atoms with Crippen molar-refractivity contribution in [1.82, 2.24) is 20.6 Å². The quantitative estimate of drug-likeness (QED) is 0.436. The number of oxime groups is 1. The number of oxazole rings is 1. The number of nitrogens with zero attached hydrogens (tertiary/aromatic N) is 3. The van der Waals surface area contributed by atoms with Crippen LogP contribution in [0.3, 0.4) is 0 Å². The molecule has 2 N–H and O–H groups in total. The molecular formula is C20H20F3N5O3S. The number of alkyl halides is 3. The topological polar surface area (TPSA) is 93.8 Å². The van der Waals surface area contributed by atoms with Gasteiger partial charge in [0.15, 0.2) is 16.8 Å². The molecule has 0 amide bonds. The van der Waals surface area contributed by atoms with Crippen LogP contribution in [0.15, 0.2) is 27.2 Å². The first kappa shape index (κ1) is 21.2. The Morgan fingerprint density at radius 2 is 2.25 bits per heavy atom. The van der Waals surface area contributed by atoms with Crippen LogP contribution in [0, 0.1) is 0 Å². The molecule has 32 heavy (non-hydrogen) atoms. The van der Waals surface area contributed by atoms with E-state index in [-0.39, 0.29) is 28.4 Å². The van der Waals surface area contributed by atoms with E-state index in [1.807, 2.05) is 0 Å². The Bertz CT molecular complexity index is 1170. The monoisotopic (exact) mass is 467 g/mol. The second-order valence-electron chi connectivity index (χ2n) is 7.83. The Labute approximate surface area is 184 Å². The molecule has 0 spiro atoms. The molecule has 0 radical (unpaired) electrons. The zero-order chi connectivity index (χ0) is 22.5. The van der Waals surface area contributed by atoms with E-state index in [4.69, 9.17) is 9.25 Å². The molecule has 5 rings (SSSR count). The fourth-order valence-electron chi connectivity index (χ4n) is 4.41. The van der Waals surface area contributed by atoms with Gasteiger partial charge in [-0.1, -0.05) is 5.16 Å². The van der Waals surface area contributed by atoms with E-state index < -0.39 is 17.7 Å². The van der Waals surface area contributed by atoms with Gasteiger partial charge in [0.1, 0.15) is 17.7 Å². The maximum Gasteiger partial charge on any atom is 0.573 e. The summed E-state index contributed by atoms with van der Waals surface area (Å²) in [6, 6.07) is 1.78. The van der Waals surface area contributed by atoms with Gasteiger partial charge in [-0.25, -0.2) is 9.97 Å². The van der Waals surface area contributed by atoms with Crippen LogP contribution in [-0.4, -0.2) is 48.3 Å². The predicted molar refractivity (Wildman–Crippen MR) is 112 cm³/mol. The predicted octanol–water partition coefficient (Wildman–Crippen LogP) is 3.77. The molecule has 12 heteroatoms. The van der Waals surface area contributed by atoms with Gasteiger partial charge in [-0.2, -0.15) is 0 Å². The molecule has 2 aliphatic heterocycles. The first-order chi connectivity index (χ1) is 15.3. The minimum absolute atomic E-state index is 0.0316. The maximum atomic E-state index is 13.4. The third-order valence-corrected chi connectivity index (χ3v) is 6.55. The Hall–Kier alpha value is -2.70. The fraction of sp³-hybridized carbons (Fsp3) is 0.450. The van der Waals surface area contributed by atoms with Crippen LogP contribution < -0.4 is 15.4 Å². The second kappa shape index (κ2) is 7.71. The molecule has 8 nitrogen and oxygen atoms in total. The molecule has 2 atom stereocenters. The first-order valence-corrected chi connectivity index (χ1v) is 10.9. The molecule has 2 bridgehead atoms. The number of nitrogens with one attached hydrogen (secondary N) is 2. The van der Waals surface area contributed by atoms with Gasteiger partial charge in [-0.05, 0) is 25.8 Å². The van der Waals surface area contributed by atoms with Crippen molar-refractivity contribution < 1.29 is 27.2 Å². The third kappa shape index (κ3) is 3.61. The summed E-state index contributed by atoms with van der Waals surface area (Å²) < 4.78 is 50.8. The van der Waals surface area contributed by atoms with E-state index in [2.05, 4.69) is 30.5 Å². The van der Waals surface area contributed by atoms with Crippen LogP contribution in [0.25, 0.3) is 21.7 Å². The van der Waals surface area contributed by atoms with Crippen molar-refractivity contribution in [1.29, 1.82) is 0 Å². The number of aromatic nitrogens is 2. The highest BCUT2D eigenvalue weighted by Gasteiger charge is 2.47. The summed E-state index contributed by atoms with van der Waals surface area (Å²) in [5, 5.41) is 13.1. The molecule has 0 saturated carbocycles. The lowest BCUT2D eigenvalue weighted by atomic mass is 9.97. The zero-order valence-electron chi connectivity index (χ0n) is 17.2. The minimum atomic E-state index is -4.93. The molecule has 0 aliphatic carbocycles. The zero-order valence-corrected chi connectivity index (χ0v) is 18.1. The summed E-state index contributed by atoms with van der Waals surface area (Å²) in [7, 11) is 1.32. The smallest absolute Gasteiger partial charge is 0.438 e. The molecule has 2 fully saturated rings. The highest BCUT2D eigenvalue weighted by molar-refractivity contribution is 7.13. The van der Waals surface area contributed by atoms with Gasteiger partial charge in [-0.3, -0.25) is 5.32 Å². The summed E-state index contributed by atoms with van der Waals surface area (Å²) in [4.78, 5) is 13.7. The molecule has 4 heterocycles. The first-order valence-electron chi connectivity index (χ1n) is 10.00. The average Bonchev–Trinajstić information content (AvgIpc) is 3.47. The molecule has 2 aliphatic rings. The molecular weight excluding hydrogens is 447 g/mol. The molecule has 2 aromatic heterocycles. The summed E-state index contributed by atoms with van der Waals surface area (Å²) in [5.41, 5.74) is 0.377. The van der Waals surface area contributed by atoms with E-state index in [9.17, 15) is 13.2 Å². The van der Waals surface area contributed by atoms with E-state index in [1.54, 1.807) is 11.6 Å². The van der Waals surface area contributed by atoms with Crippen molar-refractivity contribution in [3.63, 3.8) is 0 Å². The molecule has 170 valence electrons. The van der Waals surface area contributed by atoms with Crippen molar-refractivity contribution in [2.45, 2.75) is 37.7 Å². The number of rotatable bonds is 5. The molecule has 2 saturated heterocycles. The minimum Gasteiger partial charge on any atom is -0.438 e. The lowest BCUT2D eigenvalue weighted by molar-refractivity contribution is -0.274. The summed E-state index contributed by atoms with van der Waals surface area (Å²) in [5.74, 6) is -0.152. The van der Waals surface area contributed by atoms with Crippen molar-refractivity contribution >= 4 is 28.1 Å². The van der Waals surface area contributed by atoms with Gasteiger partial charge in [0.05, 0.1) is 11.3 Å². The number of ether oxygens (including phenoxy) is 1. The summed E-state index contributed by atoms with van der Waals surface area (Å²) in [6.45, 7) is 2.92. The van der Waals surface area contributed by atoms with Crippen molar-refractivity contribution in [2.75, 3.05) is 20.2 Å². The number of hydrogen-bond donors (Lipinski definition) is 2. The van der Waals surface area contributed by atoms with E-state index in [0.717, 1.165) is 19.4 Å². The normalized spacial score (nSPS) is 23.7. The third-order valence-electron chi connectivity index (χ3n) is 5.75. The van der Waals surface area contributed by atoms with Crippen LogP contribution in [0.2, 0.25) is 0 Å². The Morgan fingerprint density at radius 3 is 2.97 bits per heavy atom. The number of halogens is 3. The van der Waals surface area contributed by atoms with Crippen LogP contribution in [0.5, 0.6) is 5.75 Å². The van der Waals surface area contributed by atoms with E-state index in [1.165, 1.54) is 31.4 Å². The van der Waals surface area contributed by atoms with Gasteiger partial charge in [0.25, 0.3) is 0 Å². The number of benzene rings is 1. The standard InChI is InChI=1S/C20H20F3N5O3S/c1-10(28-29-2)12-7-13(17-25-5-6-32-17)15-14(16(12)31-20(21,22)23)26-18(30-15)19-4-3-11(27-19)8-24-9-19/h5-7,11,24,27H,3-4,8-9H2,1-2H3. The summed E-state index contributed by atoms with van der Waals surface area (Å²) >= 11 is 1.34. The van der Waals surface area contributed by atoms with Crippen LogP contribution in [0.1, 0.15) is 31.2 Å². The summed E-state index contributed by atoms with van der Waals surface area (Å²) in [6.07, 6.45) is -1.64. The maximum absolute atomic E-state index is 13.4. The Balaban J connectivity index is 1.78. The largest absolute Gasteiger partial charge is 0.573 e. The van der Waals surface area contributed by atoms with Crippen molar-refractivity contribution in [2.24, 2.45) is 5.16 Å². The number of hydrogen-bond acceptors (Lipinski definition) is 9. The average molecular weight is 467 g/mol. The lowest BCUT2D eigenvalue weighted by Gasteiger charge is -2.32. The Morgan fingerprint density at radius 1 is 1.41 bits per heavy atom. The highest BCUT2D eigenvalue weighted by Crippen LogP contribution is 2.44. The van der Waals surface area contributed by atoms with Gasteiger partial charge in [0, 0.05) is 36.3 Å². The van der Waals surface area contributed by atoms with Crippen LogP contribution in [0.4, 0.5) is 13.2 Å². The Kier molecular flexibility index (Phi) is 5.10. The number of thiazole rings is 1. The second-order valence-corrected chi connectivity index (χ2v) is 8.73. The highest BCUT2D eigenvalue weighted by atomic mass is 32.1. The number of fused-ring (bicyclic) bond motifs is 3.